The van der Waals surface area contributed by atoms with Crippen molar-refractivity contribution in [2.24, 2.45) is 11.8 Å². The van der Waals surface area contributed by atoms with Gasteiger partial charge in [-0.05, 0) is 58.3 Å². The van der Waals surface area contributed by atoms with Crippen molar-refractivity contribution in [3.8, 4) is 0 Å². The zero-order valence-corrected chi connectivity index (χ0v) is 11.9. The number of carbonyl (C=O) groups excluding carboxylic acids is 1. The lowest BCUT2D eigenvalue weighted by atomic mass is 9.85. The molecule has 1 aliphatic heterocycles. The molecule has 1 N–H and O–H groups in total. The number of carboxylic acids is 1. The molecule has 5 heteroatoms. The summed E-state index contributed by atoms with van der Waals surface area (Å²) in [5, 5.41) is 9.45. The van der Waals surface area contributed by atoms with Crippen molar-refractivity contribution in [1.29, 1.82) is 0 Å². The molecular weight excluding hydrogens is 246 g/mol. The van der Waals surface area contributed by atoms with E-state index < -0.39 is 23.7 Å². The minimum atomic E-state index is -0.901. The molecule has 0 unspecified atom stereocenters. The first-order valence-electron chi connectivity index (χ1n) is 7.02. The summed E-state index contributed by atoms with van der Waals surface area (Å²) in [6.07, 6.45) is 3.46. The molecule has 1 heterocycles. The lowest BCUT2D eigenvalue weighted by Gasteiger charge is -2.39. The highest BCUT2D eigenvalue weighted by atomic mass is 16.6. The summed E-state index contributed by atoms with van der Waals surface area (Å²) in [6, 6.07) is -0.712. The first-order chi connectivity index (χ1) is 8.79. The van der Waals surface area contributed by atoms with E-state index in [4.69, 9.17) is 4.74 Å². The number of aliphatic carboxylic acids is 1. The zero-order chi connectivity index (χ0) is 14.2. The minimum absolute atomic E-state index is 0.0961. The third-order valence-electron chi connectivity index (χ3n) is 3.79. The molecule has 1 amide bonds. The molecule has 1 saturated heterocycles. The minimum Gasteiger partial charge on any atom is -0.480 e. The number of nitrogens with zero attached hydrogens (tertiary/aromatic N) is 1. The Kier molecular flexibility index (Phi) is 3.74. The van der Waals surface area contributed by atoms with Gasteiger partial charge in [-0.25, -0.2) is 9.59 Å². The number of carbonyl (C=O) groups is 2. The molecule has 0 aromatic rings. The molecule has 1 saturated carbocycles. The summed E-state index contributed by atoms with van der Waals surface area (Å²) in [6.45, 7) is 5.87. The van der Waals surface area contributed by atoms with Gasteiger partial charge >= 0.3 is 12.1 Å². The first kappa shape index (κ1) is 14.2. The highest BCUT2D eigenvalue weighted by Gasteiger charge is 2.47. The average molecular weight is 269 g/mol. The van der Waals surface area contributed by atoms with Crippen LogP contribution >= 0.6 is 0 Å². The smallest absolute Gasteiger partial charge is 0.411 e. The van der Waals surface area contributed by atoms with E-state index in [1.165, 1.54) is 4.90 Å². The van der Waals surface area contributed by atoms with Gasteiger partial charge in [-0.1, -0.05) is 0 Å². The normalized spacial score (nSPS) is 28.1. The molecule has 0 bridgehead atoms. The molecule has 0 radical (unpaired) electrons. The van der Waals surface area contributed by atoms with E-state index in [1.807, 2.05) is 0 Å². The van der Waals surface area contributed by atoms with Crippen LogP contribution in [0.4, 0.5) is 4.79 Å². The van der Waals surface area contributed by atoms with Crippen molar-refractivity contribution >= 4 is 12.1 Å². The van der Waals surface area contributed by atoms with E-state index in [2.05, 4.69) is 0 Å². The van der Waals surface area contributed by atoms with Crippen molar-refractivity contribution in [2.45, 2.75) is 58.1 Å². The Labute approximate surface area is 113 Å². The number of rotatable bonds is 2. The number of likely N-dealkylation sites (tertiary alicyclic amines) is 1. The molecule has 1 aliphatic carbocycles. The zero-order valence-electron chi connectivity index (χ0n) is 11.9. The Hall–Kier alpha value is -1.26. The SMILES string of the molecule is CC(C)(C)OC(=O)N1CCC[C@H](C2CC2)[C@H]1C(=O)O. The Morgan fingerprint density at radius 1 is 1.21 bits per heavy atom. The van der Waals surface area contributed by atoms with E-state index in [-0.39, 0.29) is 5.92 Å². The van der Waals surface area contributed by atoms with E-state index in [1.54, 1.807) is 20.8 Å². The fraction of sp³-hybridized carbons (Fsp3) is 0.857. The fourth-order valence-corrected chi connectivity index (χ4v) is 2.89. The molecular formula is C14H23NO4. The molecule has 2 fully saturated rings. The lowest BCUT2D eigenvalue weighted by molar-refractivity contribution is -0.147. The quantitative estimate of drug-likeness (QED) is 0.836. The molecule has 2 aliphatic rings. The van der Waals surface area contributed by atoms with Crippen molar-refractivity contribution in [1.82, 2.24) is 4.90 Å². The fourth-order valence-electron chi connectivity index (χ4n) is 2.89. The van der Waals surface area contributed by atoms with Crippen molar-refractivity contribution in [2.75, 3.05) is 6.54 Å². The van der Waals surface area contributed by atoms with Crippen LogP contribution in [0.2, 0.25) is 0 Å². The molecule has 5 nitrogen and oxygen atoms in total. The van der Waals surface area contributed by atoms with Gasteiger partial charge < -0.3 is 9.84 Å². The second kappa shape index (κ2) is 5.02. The van der Waals surface area contributed by atoms with E-state index in [0.29, 0.717) is 12.5 Å². The Bertz CT molecular complexity index is 370. The maximum Gasteiger partial charge on any atom is 0.411 e. The summed E-state index contributed by atoms with van der Waals surface area (Å²) in [4.78, 5) is 25.1. The molecule has 0 spiro atoms. The second-order valence-corrected chi connectivity index (χ2v) is 6.60. The number of piperidine rings is 1. The maximum absolute atomic E-state index is 12.2. The molecule has 2 rings (SSSR count). The summed E-state index contributed by atoms with van der Waals surface area (Å²) in [7, 11) is 0. The predicted molar refractivity (Wildman–Crippen MR) is 69.8 cm³/mol. The number of carboxylic acid groups (broad SMARTS) is 1. The van der Waals surface area contributed by atoms with Gasteiger partial charge in [0.15, 0.2) is 0 Å². The van der Waals surface area contributed by atoms with Crippen molar-refractivity contribution < 1.29 is 19.4 Å². The highest BCUT2D eigenvalue weighted by molar-refractivity contribution is 5.81. The van der Waals surface area contributed by atoms with E-state index >= 15 is 0 Å². The van der Waals surface area contributed by atoms with Crippen LogP contribution in [0.25, 0.3) is 0 Å². The van der Waals surface area contributed by atoms with Crippen LogP contribution in [0.15, 0.2) is 0 Å². The first-order valence-corrected chi connectivity index (χ1v) is 7.02. The monoisotopic (exact) mass is 269 g/mol. The van der Waals surface area contributed by atoms with Gasteiger partial charge in [0.1, 0.15) is 11.6 Å². The molecule has 0 aromatic heterocycles. The summed E-state index contributed by atoms with van der Waals surface area (Å²) in [5.41, 5.74) is -0.591. The van der Waals surface area contributed by atoms with Crippen LogP contribution < -0.4 is 0 Å². The topological polar surface area (TPSA) is 66.8 Å². The van der Waals surface area contributed by atoms with Gasteiger partial charge in [-0.2, -0.15) is 0 Å². The largest absolute Gasteiger partial charge is 0.480 e. The van der Waals surface area contributed by atoms with Gasteiger partial charge in [-0.15, -0.1) is 0 Å². The van der Waals surface area contributed by atoms with Crippen LogP contribution in [0.3, 0.4) is 0 Å². The number of hydrogen-bond donors (Lipinski definition) is 1. The van der Waals surface area contributed by atoms with Gasteiger partial charge in [0.2, 0.25) is 0 Å². The highest BCUT2D eigenvalue weighted by Crippen LogP contribution is 2.44. The number of amides is 1. The van der Waals surface area contributed by atoms with Crippen LogP contribution in [0.5, 0.6) is 0 Å². The van der Waals surface area contributed by atoms with E-state index in [0.717, 1.165) is 25.7 Å². The lowest BCUT2D eigenvalue weighted by Crippen LogP contribution is -2.54. The van der Waals surface area contributed by atoms with Crippen LogP contribution in [0.1, 0.15) is 46.5 Å². The van der Waals surface area contributed by atoms with Gasteiger partial charge in [0, 0.05) is 6.54 Å². The Morgan fingerprint density at radius 3 is 2.32 bits per heavy atom. The van der Waals surface area contributed by atoms with Gasteiger partial charge in [0.05, 0.1) is 0 Å². The molecule has 2 atom stereocenters. The number of hydrogen-bond acceptors (Lipinski definition) is 3. The standard InChI is InChI=1S/C14H23NO4/c1-14(2,3)19-13(18)15-8-4-5-10(9-6-7-9)11(15)12(16)17/h9-11H,4-8H2,1-3H3,(H,16,17)/t10-,11+/m1/s1. The van der Waals surface area contributed by atoms with Crippen LogP contribution in [-0.2, 0) is 9.53 Å². The third-order valence-corrected chi connectivity index (χ3v) is 3.79. The maximum atomic E-state index is 12.2. The molecule has 19 heavy (non-hydrogen) atoms. The summed E-state index contributed by atoms with van der Waals surface area (Å²) in [5.74, 6) is -0.326. The number of ether oxygens (including phenoxy) is 1. The van der Waals surface area contributed by atoms with E-state index in [9.17, 15) is 14.7 Å². The summed E-state index contributed by atoms with van der Waals surface area (Å²) < 4.78 is 5.33. The van der Waals surface area contributed by atoms with Crippen LogP contribution in [0, 0.1) is 11.8 Å². The molecule has 0 aromatic carbocycles. The van der Waals surface area contributed by atoms with Gasteiger partial charge in [0.25, 0.3) is 0 Å². The Morgan fingerprint density at radius 2 is 1.84 bits per heavy atom. The third kappa shape index (κ3) is 3.39. The van der Waals surface area contributed by atoms with Crippen LogP contribution in [-0.4, -0.2) is 40.3 Å². The van der Waals surface area contributed by atoms with Gasteiger partial charge in [-0.3, -0.25) is 4.90 Å². The summed E-state index contributed by atoms with van der Waals surface area (Å²) >= 11 is 0. The predicted octanol–water partition coefficient (Wildman–Crippen LogP) is 2.50. The average Bonchev–Trinajstić information content (AvgIpc) is 3.09. The second-order valence-electron chi connectivity index (χ2n) is 6.60. The Balaban J connectivity index is 2.12. The van der Waals surface area contributed by atoms with Crippen molar-refractivity contribution in [3.63, 3.8) is 0 Å². The molecule has 108 valence electrons. The van der Waals surface area contributed by atoms with Crippen molar-refractivity contribution in [3.05, 3.63) is 0 Å².